The quantitative estimate of drug-likeness (QED) is 0.0209. The Morgan fingerprint density at radius 2 is 1.34 bits per heavy atom. The van der Waals surface area contributed by atoms with Gasteiger partial charge in [-0.2, -0.15) is 0 Å². The van der Waals surface area contributed by atoms with Crippen LogP contribution in [0.5, 0.6) is 17.2 Å². The average molecular weight is 890 g/mol. The van der Waals surface area contributed by atoms with Crippen LogP contribution >= 0.6 is 0 Å². The van der Waals surface area contributed by atoms with Gasteiger partial charge in [-0.25, -0.2) is 9.59 Å². The second-order valence-corrected chi connectivity index (χ2v) is 14.9. The second kappa shape index (κ2) is 27.4. The molecule has 0 aliphatic carbocycles. The van der Waals surface area contributed by atoms with Gasteiger partial charge in [-0.3, -0.25) is 30.7 Å². The van der Waals surface area contributed by atoms with E-state index in [1.54, 1.807) is 37.4 Å². The Hall–Kier alpha value is -6.72. The minimum Gasteiger partial charge on any atom is -0.494 e. The minimum atomic E-state index is -0.683. The Labute approximate surface area is 375 Å². The SMILES string of the molecule is C=CC(=O)OCCN(CCOC(=O)C=C)c1ccc(/N=N/c2cc(OCC(CC)CCCC)c(NN(C)c3ccc([N+](=O)[O-])cc3[N+](=O)[O-])cc2OCC(CC)CCCC)c(OC)c1. The van der Waals surface area contributed by atoms with Crippen LogP contribution < -0.4 is 29.5 Å². The number of esters is 2. The Balaban J connectivity index is 2.15. The fourth-order valence-electron chi connectivity index (χ4n) is 6.51. The average Bonchev–Trinajstić information content (AvgIpc) is 3.30. The number of unbranched alkanes of at least 4 members (excludes halogenated alkanes) is 2. The molecule has 0 saturated heterocycles. The van der Waals surface area contributed by atoms with E-state index < -0.39 is 33.2 Å². The number of nitrogens with zero attached hydrogens (tertiary/aromatic N) is 6. The Kier molecular flexibility index (Phi) is 22.1. The van der Waals surface area contributed by atoms with Crippen molar-refractivity contribution in [1.82, 2.24) is 0 Å². The lowest BCUT2D eigenvalue weighted by atomic mass is 10.0. The summed E-state index contributed by atoms with van der Waals surface area (Å²) in [7, 11) is 3.07. The molecule has 64 heavy (non-hydrogen) atoms. The molecule has 0 fully saturated rings. The first-order valence-corrected chi connectivity index (χ1v) is 21.6. The summed E-state index contributed by atoms with van der Waals surface area (Å²) in [6.45, 7) is 16.7. The van der Waals surface area contributed by atoms with Gasteiger partial charge in [0.1, 0.15) is 53.2 Å². The fraction of sp³-hybridized carbons (Fsp3) is 0.478. The van der Waals surface area contributed by atoms with E-state index in [0.717, 1.165) is 69.6 Å². The number of benzene rings is 3. The first-order valence-electron chi connectivity index (χ1n) is 21.6. The van der Waals surface area contributed by atoms with E-state index in [1.165, 1.54) is 24.3 Å². The van der Waals surface area contributed by atoms with E-state index in [-0.39, 0.29) is 43.8 Å². The van der Waals surface area contributed by atoms with Gasteiger partial charge in [0.25, 0.3) is 5.69 Å². The maximum absolute atomic E-state index is 12.1. The molecular weight excluding hydrogens is 827 g/mol. The molecule has 2 atom stereocenters. The summed E-state index contributed by atoms with van der Waals surface area (Å²) in [6.07, 6.45) is 10.00. The van der Waals surface area contributed by atoms with Gasteiger partial charge in [0.15, 0.2) is 0 Å². The van der Waals surface area contributed by atoms with Crippen LogP contribution in [0.4, 0.5) is 39.8 Å². The number of azo groups is 1. The molecule has 0 saturated carbocycles. The van der Waals surface area contributed by atoms with Crippen molar-refractivity contribution in [2.24, 2.45) is 22.1 Å². The largest absolute Gasteiger partial charge is 0.494 e. The molecular formula is C46H63N7O11. The molecule has 18 heteroatoms. The first-order chi connectivity index (χ1) is 30.8. The van der Waals surface area contributed by atoms with Gasteiger partial charge in [0.05, 0.1) is 49.3 Å². The molecule has 18 nitrogen and oxygen atoms in total. The summed E-state index contributed by atoms with van der Waals surface area (Å²) >= 11 is 0. The lowest BCUT2D eigenvalue weighted by Crippen LogP contribution is -2.32. The van der Waals surface area contributed by atoms with E-state index >= 15 is 0 Å². The normalized spacial score (nSPS) is 11.8. The molecule has 0 aliphatic rings. The number of carbonyl (C=O) groups excluding carboxylic acids is 2. The highest BCUT2D eigenvalue weighted by Crippen LogP contribution is 2.42. The van der Waals surface area contributed by atoms with Crippen molar-refractivity contribution in [2.75, 3.05) is 69.0 Å². The molecule has 3 rings (SSSR count). The van der Waals surface area contributed by atoms with Crippen molar-refractivity contribution in [1.29, 1.82) is 0 Å². The number of carbonyl (C=O) groups is 2. The van der Waals surface area contributed by atoms with Crippen LogP contribution in [0.3, 0.4) is 0 Å². The highest BCUT2D eigenvalue weighted by Gasteiger charge is 2.24. The zero-order chi connectivity index (χ0) is 47.0. The summed E-state index contributed by atoms with van der Waals surface area (Å²) in [6, 6.07) is 12.1. The molecule has 1 N–H and O–H groups in total. The van der Waals surface area contributed by atoms with Gasteiger partial charge in [-0.15, -0.1) is 10.2 Å². The van der Waals surface area contributed by atoms with Crippen LogP contribution in [0.2, 0.25) is 0 Å². The topological polar surface area (TPSA) is 210 Å². The third kappa shape index (κ3) is 16.2. The zero-order valence-corrected chi connectivity index (χ0v) is 37.9. The lowest BCUT2D eigenvalue weighted by Gasteiger charge is -2.25. The predicted octanol–water partition coefficient (Wildman–Crippen LogP) is 10.8. The van der Waals surface area contributed by atoms with Crippen LogP contribution in [0.15, 0.2) is 84.1 Å². The molecule has 0 aliphatic heterocycles. The van der Waals surface area contributed by atoms with Crippen LogP contribution in [-0.2, 0) is 19.1 Å². The molecule has 0 amide bonds. The standard InChI is InChI=1S/C46H63N7O11/c1-9-15-17-33(11-3)31-63-43-30-39(49-50(7)40-22-20-36(52(56)57)27-41(40)53(58)59)44(64-32-34(12-4)18-16-10-2)29-38(43)48-47-37-21-19-35(28-42(37)60-8)51(23-25-61-45(54)13-5)24-26-62-46(55)14-6/h13-14,19-22,27-30,33-34,49H,5-6,9-12,15-18,23-26,31-32H2,1-4,7-8H3/b48-47+. The highest BCUT2D eigenvalue weighted by molar-refractivity contribution is 5.81. The van der Waals surface area contributed by atoms with Gasteiger partial charge < -0.3 is 28.6 Å². The third-order valence-electron chi connectivity index (χ3n) is 10.5. The molecule has 0 spiro atoms. The third-order valence-corrected chi connectivity index (χ3v) is 10.5. The van der Waals surface area contributed by atoms with Crippen LogP contribution in [-0.4, -0.2) is 75.5 Å². The number of ether oxygens (including phenoxy) is 5. The maximum atomic E-state index is 12.1. The van der Waals surface area contributed by atoms with Crippen molar-refractivity contribution < 1.29 is 43.1 Å². The Morgan fingerprint density at radius 3 is 1.86 bits per heavy atom. The number of methoxy groups -OCH3 is 1. The second-order valence-electron chi connectivity index (χ2n) is 14.9. The smallest absolute Gasteiger partial charge is 0.330 e. The summed E-state index contributed by atoms with van der Waals surface area (Å²) in [4.78, 5) is 47.6. The Bertz CT molecular complexity index is 2040. The molecule has 0 radical (unpaired) electrons. The molecule has 3 aromatic carbocycles. The van der Waals surface area contributed by atoms with Gasteiger partial charge >= 0.3 is 17.6 Å². The zero-order valence-electron chi connectivity index (χ0n) is 37.9. The van der Waals surface area contributed by atoms with Crippen molar-refractivity contribution in [2.45, 2.75) is 79.1 Å². The number of nitrogens with one attached hydrogen (secondary N) is 1. The molecule has 0 bridgehead atoms. The summed E-state index contributed by atoms with van der Waals surface area (Å²) in [5.74, 6) is 0.467. The van der Waals surface area contributed by atoms with Crippen LogP contribution in [0, 0.1) is 32.1 Å². The molecule has 0 heterocycles. The van der Waals surface area contributed by atoms with Crippen molar-refractivity contribution in [3.8, 4) is 17.2 Å². The molecule has 2 unspecified atom stereocenters. The van der Waals surface area contributed by atoms with E-state index in [2.05, 4.69) is 56.5 Å². The number of nitro benzene ring substituents is 2. The molecule has 0 aromatic heterocycles. The number of hydrogen-bond donors (Lipinski definition) is 1. The summed E-state index contributed by atoms with van der Waals surface area (Å²) in [5.41, 5.74) is 4.22. The van der Waals surface area contributed by atoms with Gasteiger partial charge in [-0.05, 0) is 42.9 Å². The van der Waals surface area contributed by atoms with Crippen molar-refractivity contribution in [3.05, 3.63) is 94.1 Å². The monoisotopic (exact) mass is 889 g/mol. The predicted molar refractivity (Wildman–Crippen MR) is 248 cm³/mol. The van der Waals surface area contributed by atoms with Gasteiger partial charge in [0, 0.05) is 49.2 Å². The summed E-state index contributed by atoms with van der Waals surface area (Å²) in [5, 5.41) is 34.3. The van der Waals surface area contributed by atoms with E-state index in [4.69, 9.17) is 23.7 Å². The summed E-state index contributed by atoms with van der Waals surface area (Å²) < 4.78 is 29.2. The van der Waals surface area contributed by atoms with Crippen LogP contribution in [0.25, 0.3) is 0 Å². The van der Waals surface area contributed by atoms with Crippen molar-refractivity contribution >= 4 is 51.8 Å². The van der Waals surface area contributed by atoms with Crippen LogP contribution in [0.1, 0.15) is 79.1 Å². The van der Waals surface area contributed by atoms with E-state index in [0.29, 0.717) is 53.2 Å². The Morgan fingerprint density at radius 1 is 0.766 bits per heavy atom. The maximum Gasteiger partial charge on any atom is 0.330 e. The van der Waals surface area contributed by atoms with Gasteiger partial charge in [-0.1, -0.05) is 79.4 Å². The first kappa shape index (κ1) is 51.6. The van der Waals surface area contributed by atoms with E-state index in [9.17, 15) is 29.8 Å². The van der Waals surface area contributed by atoms with Gasteiger partial charge in [0.2, 0.25) is 0 Å². The van der Waals surface area contributed by atoms with Crippen molar-refractivity contribution in [3.63, 3.8) is 0 Å². The molecule has 3 aromatic rings. The number of non-ortho nitro benzene ring substituents is 1. The van der Waals surface area contributed by atoms with E-state index in [1.807, 2.05) is 4.90 Å². The number of nitro groups is 2. The number of hydrogen-bond acceptors (Lipinski definition) is 16. The highest BCUT2D eigenvalue weighted by atomic mass is 16.6. The minimum absolute atomic E-state index is 0.0393. The number of hydrazine groups is 1. The lowest BCUT2D eigenvalue weighted by molar-refractivity contribution is -0.393. The fourth-order valence-corrected chi connectivity index (χ4v) is 6.51. The molecule has 348 valence electrons. The number of anilines is 3. The number of rotatable bonds is 31.